The van der Waals surface area contributed by atoms with Crippen LogP contribution in [-0.4, -0.2) is 6.61 Å². The zero-order chi connectivity index (χ0) is 11.8. The summed E-state index contributed by atoms with van der Waals surface area (Å²) in [5.74, 6) is 0. The molecule has 1 rings (SSSR count). The lowest BCUT2D eigenvalue weighted by Crippen LogP contribution is -1.96. The molecule has 1 nitrogen and oxygen atoms in total. The molecule has 0 spiro atoms. The van der Waals surface area contributed by atoms with E-state index in [9.17, 15) is 0 Å². The molecule has 0 amide bonds. The molecule has 0 aliphatic carbocycles. The first kappa shape index (κ1) is 14.5. The van der Waals surface area contributed by atoms with Gasteiger partial charge in [0.25, 0.3) is 0 Å². The van der Waals surface area contributed by atoms with Gasteiger partial charge in [-0.05, 0) is 52.8 Å². The molecular formula is C13H18BrIO. The molecule has 0 atom stereocenters. The highest BCUT2D eigenvalue weighted by atomic mass is 127. The molecule has 0 N–H and O–H groups in total. The van der Waals surface area contributed by atoms with E-state index in [2.05, 4.69) is 63.6 Å². The normalized spacial score (nSPS) is 10.7. The molecule has 0 saturated carbocycles. The lowest BCUT2D eigenvalue weighted by Gasteiger charge is -2.05. The van der Waals surface area contributed by atoms with Crippen LogP contribution >= 0.6 is 38.5 Å². The second kappa shape index (κ2) is 8.48. The number of ether oxygens (including phenoxy) is 1. The number of hydrogen-bond donors (Lipinski definition) is 0. The van der Waals surface area contributed by atoms with Gasteiger partial charge in [-0.1, -0.05) is 42.1 Å². The molecule has 0 radical (unpaired) electrons. The van der Waals surface area contributed by atoms with Crippen LogP contribution in [0.15, 0.2) is 22.7 Å². The van der Waals surface area contributed by atoms with E-state index in [-0.39, 0.29) is 0 Å². The Balaban J connectivity index is 2.21. The Labute approximate surface area is 120 Å². The molecule has 3 heteroatoms. The van der Waals surface area contributed by atoms with E-state index in [0.29, 0.717) is 0 Å². The summed E-state index contributed by atoms with van der Waals surface area (Å²) < 4.78 is 8.03. The summed E-state index contributed by atoms with van der Waals surface area (Å²) in [4.78, 5) is 0. The maximum atomic E-state index is 5.65. The van der Waals surface area contributed by atoms with Gasteiger partial charge in [0.15, 0.2) is 0 Å². The summed E-state index contributed by atoms with van der Waals surface area (Å²) in [6, 6.07) is 6.39. The zero-order valence-corrected chi connectivity index (χ0v) is 13.4. The fourth-order valence-corrected chi connectivity index (χ4v) is 3.22. The molecule has 0 aromatic heterocycles. The fraction of sp³-hybridized carbons (Fsp3) is 0.538. The fourth-order valence-electron chi connectivity index (χ4n) is 1.52. The van der Waals surface area contributed by atoms with Gasteiger partial charge in [-0.3, -0.25) is 0 Å². The topological polar surface area (TPSA) is 9.23 Å². The second-order valence-corrected chi connectivity index (χ2v) is 6.05. The van der Waals surface area contributed by atoms with Crippen molar-refractivity contribution in [3.63, 3.8) is 0 Å². The Bertz CT molecular complexity index is 295. The third kappa shape index (κ3) is 6.21. The quantitative estimate of drug-likeness (QED) is 0.457. The molecule has 0 fully saturated rings. The Morgan fingerprint density at radius 1 is 1.19 bits per heavy atom. The van der Waals surface area contributed by atoms with Crippen molar-refractivity contribution in [3.05, 3.63) is 31.8 Å². The first-order chi connectivity index (χ1) is 7.72. The number of rotatable bonds is 7. The van der Waals surface area contributed by atoms with E-state index in [1.54, 1.807) is 0 Å². The van der Waals surface area contributed by atoms with E-state index >= 15 is 0 Å². The molecule has 0 aliphatic heterocycles. The molecule has 90 valence electrons. The number of benzene rings is 1. The highest BCUT2D eigenvalue weighted by Gasteiger charge is 1.98. The monoisotopic (exact) mass is 396 g/mol. The Morgan fingerprint density at radius 2 is 2.00 bits per heavy atom. The van der Waals surface area contributed by atoms with E-state index < -0.39 is 0 Å². The van der Waals surface area contributed by atoms with Crippen LogP contribution in [0, 0.1) is 3.57 Å². The molecule has 0 bridgehead atoms. The second-order valence-electron chi connectivity index (χ2n) is 3.89. The van der Waals surface area contributed by atoms with Gasteiger partial charge in [0, 0.05) is 14.6 Å². The van der Waals surface area contributed by atoms with Gasteiger partial charge in [0.1, 0.15) is 0 Å². The van der Waals surface area contributed by atoms with Crippen molar-refractivity contribution in [1.82, 2.24) is 0 Å². The van der Waals surface area contributed by atoms with Gasteiger partial charge in [-0.25, -0.2) is 0 Å². The standard InChI is InChI=1S/C13H18BrIO/c1-2-3-4-5-6-16-10-11-7-12(14)9-13(15)8-11/h7-9H,2-6,10H2,1H3. The van der Waals surface area contributed by atoms with Crippen molar-refractivity contribution >= 4 is 38.5 Å². The molecule has 1 aromatic rings. The Morgan fingerprint density at radius 3 is 2.69 bits per heavy atom. The van der Waals surface area contributed by atoms with E-state index in [1.807, 2.05) is 0 Å². The van der Waals surface area contributed by atoms with E-state index in [1.165, 1.54) is 34.8 Å². The van der Waals surface area contributed by atoms with Crippen LogP contribution < -0.4 is 0 Å². The summed E-state index contributed by atoms with van der Waals surface area (Å²) in [6.07, 6.45) is 5.06. The minimum atomic E-state index is 0.724. The van der Waals surface area contributed by atoms with Crippen molar-refractivity contribution in [2.24, 2.45) is 0 Å². The summed E-state index contributed by atoms with van der Waals surface area (Å²) in [7, 11) is 0. The third-order valence-corrected chi connectivity index (χ3v) is 3.41. The largest absolute Gasteiger partial charge is 0.377 e. The first-order valence-corrected chi connectivity index (χ1v) is 7.62. The van der Waals surface area contributed by atoms with Crippen LogP contribution in [0.2, 0.25) is 0 Å². The molecule has 0 aliphatic rings. The van der Waals surface area contributed by atoms with Gasteiger partial charge in [-0.15, -0.1) is 0 Å². The lowest BCUT2D eigenvalue weighted by atomic mass is 10.2. The summed E-state index contributed by atoms with van der Waals surface area (Å²) in [6.45, 7) is 3.83. The highest BCUT2D eigenvalue weighted by Crippen LogP contribution is 2.18. The molecule has 1 aromatic carbocycles. The van der Waals surface area contributed by atoms with E-state index in [0.717, 1.165) is 17.7 Å². The van der Waals surface area contributed by atoms with Crippen molar-refractivity contribution in [2.75, 3.05) is 6.61 Å². The lowest BCUT2D eigenvalue weighted by molar-refractivity contribution is 0.116. The van der Waals surface area contributed by atoms with Gasteiger partial charge in [-0.2, -0.15) is 0 Å². The van der Waals surface area contributed by atoms with Gasteiger partial charge in [0.05, 0.1) is 6.61 Å². The number of unbranched alkanes of at least 4 members (excludes halogenated alkanes) is 3. The smallest absolute Gasteiger partial charge is 0.0717 e. The van der Waals surface area contributed by atoms with Crippen molar-refractivity contribution in [1.29, 1.82) is 0 Å². The molecular weight excluding hydrogens is 379 g/mol. The highest BCUT2D eigenvalue weighted by molar-refractivity contribution is 14.1. The van der Waals surface area contributed by atoms with Crippen LogP contribution in [0.5, 0.6) is 0 Å². The maximum Gasteiger partial charge on any atom is 0.0717 e. The van der Waals surface area contributed by atoms with Crippen molar-refractivity contribution < 1.29 is 4.74 Å². The predicted octanol–water partition coefficient (Wildman–Crippen LogP) is 5.15. The van der Waals surface area contributed by atoms with Crippen LogP contribution in [-0.2, 0) is 11.3 Å². The molecule has 0 heterocycles. The van der Waals surface area contributed by atoms with E-state index in [4.69, 9.17) is 4.74 Å². The van der Waals surface area contributed by atoms with Crippen molar-refractivity contribution in [2.45, 2.75) is 39.2 Å². The number of halogens is 2. The molecule has 0 saturated heterocycles. The minimum absolute atomic E-state index is 0.724. The Kier molecular flexibility index (Phi) is 7.66. The average molecular weight is 397 g/mol. The summed E-state index contributed by atoms with van der Waals surface area (Å²) >= 11 is 5.82. The van der Waals surface area contributed by atoms with Gasteiger partial charge >= 0.3 is 0 Å². The van der Waals surface area contributed by atoms with Crippen molar-refractivity contribution in [3.8, 4) is 0 Å². The average Bonchev–Trinajstić information content (AvgIpc) is 2.22. The Hall–Kier alpha value is 0.390. The SMILES string of the molecule is CCCCCCOCc1cc(Br)cc(I)c1. The number of hydrogen-bond acceptors (Lipinski definition) is 1. The van der Waals surface area contributed by atoms with Gasteiger partial charge in [0.2, 0.25) is 0 Å². The minimum Gasteiger partial charge on any atom is -0.377 e. The third-order valence-electron chi connectivity index (χ3n) is 2.33. The summed E-state index contributed by atoms with van der Waals surface area (Å²) in [5.41, 5.74) is 1.24. The van der Waals surface area contributed by atoms with Crippen LogP contribution in [0.4, 0.5) is 0 Å². The zero-order valence-electron chi connectivity index (χ0n) is 9.64. The maximum absolute atomic E-state index is 5.65. The van der Waals surface area contributed by atoms with Crippen LogP contribution in [0.3, 0.4) is 0 Å². The van der Waals surface area contributed by atoms with Crippen LogP contribution in [0.1, 0.15) is 38.2 Å². The summed E-state index contributed by atoms with van der Waals surface area (Å²) in [5, 5.41) is 0. The molecule has 16 heavy (non-hydrogen) atoms. The van der Waals surface area contributed by atoms with Gasteiger partial charge < -0.3 is 4.74 Å². The van der Waals surface area contributed by atoms with Crippen LogP contribution in [0.25, 0.3) is 0 Å². The predicted molar refractivity (Wildman–Crippen MR) is 80.7 cm³/mol. The first-order valence-electron chi connectivity index (χ1n) is 5.75. The molecule has 0 unspecified atom stereocenters.